The van der Waals surface area contributed by atoms with Gasteiger partial charge in [0.15, 0.2) is 0 Å². The molecule has 2 aromatic carbocycles. The molecule has 26 heavy (non-hydrogen) atoms. The lowest BCUT2D eigenvalue weighted by molar-refractivity contribution is 0.0785. The van der Waals surface area contributed by atoms with E-state index in [1.54, 1.807) is 20.2 Å². The summed E-state index contributed by atoms with van der Waals surface area (Å²) >= 11 is 6.16. The molecule has 0 fully saturated rings. The number of sulfonamides is 1. The summed E-state index contributed by atoms with van der Waals surface area (Å²) in [7, 11) is 1.24. The van der Waals surface area contributed by atoms with Crippen LogP contribution in [0.2, 0.25) is 5.02 Å². The van der Waals surface area contributed by atoms with Crippen molar-refractivity contribution in [1.29, 1.82) is 0 Å². The van der Waals surface area contributed by atoms with Gasteiger partial charge in [0.25, 0.3) is 5.91 Å². The molecule has 0 aliphatic carbocycles. The average molecular weight is 397 g/mol. The summed E-state index contributed by atoms with van der Waals surface area (Å²) in [4.78, 5) is 14.3. The molecule has 140 valence electrons. The Hall–Kier alpha value is -2.25. The number of methoxy groups -OCH3 is 1. The van der Waals surface area contributed by atoms with Crippen LogP contribution in [0.4, 0.5) is 5.69 Å². The first-order chi connectivity index (χ1) is 12.1. The number of amides is 1. The molecule has 0 atom stereocenters. The van der Waals surface area contributed by atoms with Crippen LogP contribution >= 0.6 is 11.6 Å². The van der Waals surface area contributed by atoms with Gasteiger partial charge in [0.1, 0.15) is 5.75 Å². The van der Waals surface area contributed by atoms with E-state index in [-0.39, 0.29) is 16.5 Å². The van der Waals surface area contributed by atoms with Crippen molar-refractivity contribution < 1.29 is 17.9 Å². The predicted molar refractivity (Wildman–Crippen MR) is 103 cm³/mol. The maximum absolute atomic E-state index is 12.8. The Morgan fingerprint density at radius 2 is 1.73 bits per heavy atom. The van der Waals surface area contributed by atoms with Crippen LogP contribution in [0.25, 0.3) is 0 Å². The second-order valence-corrected chi connectivity index (χ2v) is 8.32. The average Bonchev–Trinajstić information content (AvgIpc) is 2.60. The first-order valence-corrected chi connectivity index (χ1v) is 9.98. The predicted octanol–water partition coefficient (Wildman–Crippen LogP) is 3.02. The van der Waals surface area contributed by atoms with Crippen molar-refractivity contribution in [3.05, 3.63) is 58.6 Å². The summed E-state index contributed by atoms with van der Waals surface area (Å²) < 4.78 is 29.6. The van der Waals surface area contributed by atoms with Crippen LogP contribution in [0.1, 0.15) is 15.9 Å². The fraction of sp³-hybridized carbons (Fsp3) is 0.278. The number of nitrogens with zero attached hydrogens (tertiary/aromatic N) is 2. The summed E-state index contributed by atoms with van der Waals surface area (Å²) in [6.07, 6.45) is 1.10. The largest absolute Gasteiger partial charge is 0.497 e. The number of carbonyl (C=O) groups excluding carboxylic acids is 1. The zero-order valence-electron chi connectivity index (χ0n) is 15.1. The molecule has 0 unspecified atom stereocenters. The third kappa shape index (κ3) is 4.68. The highest BCUT2D eigenvalue weighted by molar-refractivity contribution is 7.92. The fourth-order valence-corrected chi connectivity index (χ4v) is 3.04. The molecule has 0 saturated carbocycles. The van der Waals surface area contributed by atoms with Gasteiger partial charge in [0.05, 0.1) is 29.6 Å². The van der Waals surface area contributed by atoms with Crippen LogP contribution in [0, 0.1) is 0 Å². The number of carbonyl (C=O) groups is 1. The second-order valence-electron chi connectivity index (χ2n) is 5.90. The minimum absolute atomic E-state index is 0.246. The van der Waals surface area contributed by atoms with Crippen molar-refractivity contribution in [2.75, 3.05) is 31.8 Å². The zero-order chi connectivity index (χ0) is 19.5. The van der Waals surface area contributed by atoms with Crippen molar-refractivity contribution in [1.82, 2.24) is 4.90 Å². The summed E-state index contributed by atoms with van der Waals surface area (Å²) in [6.45, 7) is 0.380. The number of rotatable bonds is 6. The van der Waals surface area contributed by atoms with E-state index in [1.165, 1.54) is 24.1 Å². The lowest BCUT2D eigenvalue weighted by Crippen LogP contribution is -2.28. The topological polar surface area (TPSA) is 66.9 Å². The van der Waals surface area contributed by atoms with Gasteiger partial charge < -0.3 is 9.64 Å². The van der Waals surface area contributed by atoms with Gasteiger partial charge in [-0.3, -0.25) is 9.10 Å². The first kappa shape index (κ1) is 20.1. The van der Waals surface area contributed by atoms with Crippen LogP contribution < -0.4 is 9.04 Å². The van der Waals surface area contributed by atoms with Crippen molar-refractivity contribution in [2.45, 2.75) is 6.54 Å². The Balaban J connectivity index is 2.24. The lowest BCUT2D eigenvalue weighted by Gasteiger charge is -2.21. The van der Waals surface area contributed by atoms with E-state index >= 15 is 0 Å². The molecule has 2 aromatic rings. The molecular formula is C18H21ClN2O4S. The van der Waals surface area contributed by atoms with Gasteiger partial charge in [0.2, 0.25) is 10.0 Å². The molecule has 0 aromatic heterocycles. The van der Waals surface area contributed by atoms with Gasteiger partial charge in [-0.05, 0) is 35.9 Å². The molecular weight excluding hydrogens is 376 g/mol. The minimum Gasteiger partial charge on any atom is -0.497 e. The van der Waals surface area contributed by atoms with Crippen molar-refractivity contribution >= 4 is 33.2 Å². The molecule has 0 bridgehead atoms. The van der Waals surface area contributed by atoms with Crippen molar-refractivity contribution in [3.8, 4) is 5.75 Å². The summed E-state index contributed by atoms with van der Waals surface area (Å²) in [5, 5.41) is 0.266. The molecule has 0 aliphatic heterocycles. The van der Waals surface area contributed by atoms with Crippen LogP contribution in [-0.4, -0.2) is 46.7 Å². The Morgan fingerprint density at radius 1 is 1.12 bits per heavy atom. The highest BCUT2D eigenvalue weighted by Crippen LogP contribution is 2.25. The van der Waals surface area contributed by atoms with Gasteiger partial charge >= 0.3 is 0 Å². The maximum atomic E-state index is 12.8. The molecule has 0 aliphatic rings. The number of benzene rings is 2. The normalized spacial score (nSPS) is 11.1. The smallest absolute Gasteiger partial charge is 0.255 e. The molecule has 1 amide bonds. The summed E-state index contributed by atoms with van der Waals surface area (Å²) in [5.74, 6) is 0.442. The highest BCUT2D eigenvalue weighted by atomic mass is 35.5. The van der Waals surface area contributed by atoms with Crippen LogP contribution in [0.15, 0.2) is 42.5 Å². The van der Waals surface area contributed by atoms with Crippen LogP contribution in [-0.2, 0) is 16.6 Å². The number of hydrogen-bond donors (Lipinski definition) is 0. The van der Waals surface area contributed by atoms with E-state index in [4.69, 9.17) is 16.3 Å². The van der Waals surface area contributed by atoms with Crippen LogP contribution in [0.5, 0.6) is 5.75 Å². The monoisotopic (exact) mass is 396 g/mol. The van der Waals surface area contributed by atoms with Crippen molar-refractivity contribution in [3.63, 3.8) is 0 Å². The quantitative estimate of drug-likeness (QED) is 0.752. The molecule has 2 rings (SSSR count). The molecule has 0 spiro atoms. The van der Waals surface area contributed by atoms with Gasteiger partial charge in [-0.15, -0.1) is 0 Å². The zero-order valence-corrected chi connectivity index (χ0v) is 16.6. The Kier molecular flexibility index (Phi) is 6.15. The standard InChI is InChI=1S/C18H21ClN2O4S/c1-20(12-13-5-8-15(25-3)9-6-13)18(22)16-11-14(7-10-17(16)19)21(2)26(4,23)24/h5-11H,12H2,1-4H3. The Labute approximate surface area is 159 Å². The molecule has 0 heterocycles. The fourth-order valence-electron chi connectivity index (χ4n) is 2.35. The molecule has 6 nitrogen and oxygen atoms in total. The first-order valence-electron chi connectivity index (χ1n) is 7.75. The summed E-state index contributed by atoms with van der Waals surface area (Å²) in [6, 6.07) is 12.0. The molecule has 0 N–H and O–H groups in total. The van der Waals surface area contributed by atoms with Gasteiger partial charge in [0, 0.05) is 20.6 Å². The number of anilines is 1. The van der Waals surface area contributed by atoms with E-state index in [9.17, 15) is 13.2 Å². The lowest BCUT2D eigenvalue weighted by atomic mass is 10.1. The van der Waals surface area contributed by atoms with E-state index < -0.39 is 10.0 Å². The van der Waals surface area contributed by atoms with Gasteiger partial charge in [-0.1, -0.05) is 23.7 Å². The van der Waals surface area contributed by atoms with E-state index in [1.807, 2.05) is 24.3 Å². The number of halogens is 1. The Morgan fingerprint density at radius 3 is 2.27 bits per heavy atom. The molecule has 0 radical (unpaired) electrons. The summed E-state index contributed by atoms with van der Waals surface area (Å²) in [5.41, 5.74) is 1.55. The minimum atomic E-state index is -3.43. The molecule has 8 heteroatoms. The Bertz CT molecular complexity index is 898. The van der Waals surface area contributed by atoms with Crippen LogP contribution in [0.3, 0.4) is 0 Å². The third-order valence-corrected chi connectivity index (χ3v) is 5.50. The number of hydrogen-bond acceptors (Lipinski definition) is 4. The van der Waals surface area contributed by atoms with Gasteiger partial charge in [-0.25, -0.2) is 8.42 Å². The SMILES string of the molecule is COc1ccc(CN(C)C(=O)c2cc(N(C)S(C)(=O)=O)ccc2Cl)cc1. The van der Waals surface area contributed by atoms with E-state index in [0.29, 0.717) is 12.2 Å². The highest BCUT2D eigenvalue weighted by Gasteiger charge is 2.19. The second kappa shape index (κ2) is 7.97. The van der Waals surface area contributed by atoms with Gasteiger partial charge in [-0.2, -0.15) is 0 Å². The number of ether oxygens (including phenoxy) is 1. The van der Waals surface area contributed by atoms with Crippen molar-refractivity contribution in [2.24, 2.45) is 0 Å². The third-order valence-electron chi connectivity index (χ3n) is 3.97. The van der Waals surface area contributed by atoms with E-state index in [2.05, 4.69) is 0 Å². The maximum Gasteiger partial charge on any atom is 0.255 e. The molecule has 0 saturated heterocycles. The van der Waals surface area contributed by atoms with E-state index in [0.717, 1.165) is 21.9 Å².